The second-order valence-corrected chi connectivity index (χ2v) is 5.48. The summed E-state index contributed by atoms with van der Waals surface area (Å²) in [6.45, 7) is 6.88. The highest BCUT2D eigenvalue weighted by Gasteiger charge is 2.26. The van der Waals surface area contributed by atoms with Gasteiger partial charge < -0.3 is 15.5 Å². The maximum atomic E-state index is 12.0. The van der Waals surface area contributed by atoms with E-state index < -0.39 is 6.04 Å². The third-order valence-electron chi connectivity index (χ3n) is 3.89. The number of hydrogen-bond donors (Lipinski definition) is 1. The number of nitrogens with two attached hydrogens (primary N) is 1. The molecule has 0 saturated carbocycles. The van der Waals surface area contributed by atoms with Crippen LogP contribution in [0.2, 0.25) is 0 Å². The van der Waals surface area contributed by atoms with Crippen molar-refractivity contribution in [2.75, 3.05) is 45.8 Å². The zero-order valence-corrected chi connectivity index (χ0v) is 11.7. The van der Waals surface area contributed by atoms with Gasteiger partial charge in [0.15, 0.2) is 0 Å². The van der Waals surface area contributed by atoms with Gasteiger partial charge in [0.2, 0.25) is 11.8 Å². The Hall–Kier alpha value is -1.14. The Bertz CT molecular complexity index is 332. The lowest BCUT2D eigenvalue weighted by molar-refractivity contribution is -0.135. The van der Waals surface area contributed by atoms with Gasteiger partial charge in [0.05, 0.1) is 12.6 Å². The van der Waals surface area contributed by atoms with Crippen LogP contribution in [0, 0.1) is 0 Å². The first-order valence-corrected chi connectivity index (χ1v) is 7.12. The highest BCUT2D eigenvalue weighted by molar-refractivity contribution is 5.81. The normalized spacial score (nSPS) is 22.6. The highest BCUT2D eigenvalue weighted by atomic mass is 16.2. The minimum Gasteiger partial charge on any atom is -0.342 e. The van der Waals surface area contributed by atoms with Crippen molar-refractivity contribution in [2.24, 2.45) is 5.73 Å². The lowest BCUT2D eigenvalue weighted by Gasteiger charge is -2.35. The number of likely N-dealkylation sites (tertiary alicyclic amines) is 1. The van der Waals surface area contributed by atoms with Crippen molar-refractivity contribution in [1.82, 2.24) is 14.7 Å². The molecule has 2 aliphatic rings. The summed E-state index contributed by atoms with van der Waals surface area (Å²) in [4.78, 5) is 29.6. The SMILES string of the molecule is C[C@@H](N)C(=O)N1CCN(CC(=O)N2CCCC2)CC1. The van der Waals surface area contributed by atoms with Crippen LogP contribution in [-0.2, 0) is 9.59 Å². The minimum atomic E-state index is -0.433. The average Bonchev–Trinajstić information content (AvgIpc) is 2.92. The molecule has 1 atom stereocenters. The van der Waals surface area contributed by atoms with Gasteiger partial charge in [0.1, 0.15) is 0 Å². The molecule has 2 N–H and O–H groups in total. The minimum absolute atomic E-state index is 0.00511. The number of nitrogens with zero attached hydrogens (tertiary/aromatic N) is 3. The number of hydrogen-bond acceptors (Lipinski definition) is 4. The average molecular weight is 268 g/mol. The number of carbonyl (C=O) groups is 2. The monoisotopic (exact) mass is 268 g/mol. The van der Waals surface area contributed by atoms with Crippen LogP contribution in [0.5, 0.6) is 0 Å². The molecule has 6 heteroatoms. The molecule has 108 valence electrons. The van der Waals surface area contributed by atoms with Crippen molar-refractivity contribution in [3.05, 3.63) is 0 Å². The van der Waals surface area contributed by atoms with Gasteiger partial charge in [-0.3, -0.25) is 14.5 Å². The smallest absolute Gasteiger partial charge is 0.239 e. The van der Waals surface area contributed by atoms with Crippen molar-refractivity contribution in [3.8, 4) is 0 Å². The molecule has 2 fully saturated rings. The Kier molecular flexibility index (Phi) is 4.76. The summed E-state index contributed by atoms with van der Waals surface area (Å²) < 4.78 is 0. The van der Waals surface area contributed by atoms with E-state index in [4.69, 9.17) is 5.73 Å². The summed E-state index contributed by atoms with van der Waals surface area (Å²) in [6.07, 6.45) is 2.25. The lowest BCUT2D eigenvalue weighted by Crippen LogP contribution is -2.54. The zero-order valence-electron chi connectivity index (χ0n) is 11.7. The molecule has 0 aromatic heterocycles. The van der Waals surface area contributed by atoms with Crippen LogP contribution in [0.15, 0.2) is 0 Å². The number of piperazine rings is 1. The van der Waals surface area contributed by atoms with Crippen LogP contribution in [0.25, 0.3) is 0 Å². The molecule has 6 nitrogen and oxygen atoms in total. The zero-order chi connectivity index (χ0) is 13.8. The summed E-state index contributed by atoms with van der Waals surface area (Å²) in [5, 5.41) is 0. The molecule has 0 spiro atoms. The van der Waals surface area contributed by atoms with Gasteiger partial charge in [0, 0.05) is 39.3 Å². The molecular formula is C13H24N4O2. The van der Waals surface area contributed by atoms with Crippen molar-refractivity contribution in [1.29, 1.82) is 0 Å². The summed E-state index contributed by atoms with van der Waals surface area (Å²) in [5.74, 6) is 0.231. The van der Waals surface area contributed by atoms with Crippen molar-refractivity contribution < 1.29 is 9.59 Å². The molecule has 19 heavy (non-hydrogen) atoms. The Labute approximate surface area is 114 Å². The third kappa shape index (κ3) is 3.67. The van der Waals surface area contributed by atoms with Crippen molar-refractivity contribution in [2.45, 2.75) is 25.8 Å². The molecular weight excluding hydrogens is 244 g/mol. The van der Waals surface area contributed by atoms with E-state index in [0.29, 0.717) is 19.6 Å². The first-order valence-electron chi connectivity index (χ1n) is 7.12. The highest BCUT2D eigenvalue weighted by Crippen LogP contribution is 2.09. The van der Waals surface area contributed by atoms with E-state index in [1.807, 2.05) is 4.90 Å². The number of rotatable bonds is 3. The standard InChI is InChI=1S/C13H24N4O2/c1-11(14)13(19)17-8-6-15(7-9-17)10-12(18)16-4-2-3-5-16/h11H,2-10,14H2,1H3/t11-/m1/s1. The maximum Gasteiger partial charge on any atom is 0.239 e. The Morgan fingerprint density at radius 3 is 2.11 bits per heavy atom. The van der Waals surface area contributed by atoms with Crippen LogP contribution in [0.4, 0.5) is 0 Å². The van der Waals surface area contributed by atoms with E-state index >= 15 is 0 Å². The maximum absolute atomic E-state index is 12.0. The molecule has 0 aromatic rings. The predicted molar refractivity (Wildman–Crippen MR) is 72.5 cm³/mol. The second kappa shape index (κ2) is 6.34. The molecule has 0 unspecified atom stereocenters. The van der Waals surface area contributed by atoms with E-state index in [-0.39, 0.29) is 11.8 Å². The van der Waals surface area contributed by atoms with E-state index in [1.165, 1.54) is 0 Å². The summed E-state index contributed by atoms with van der Waals surface area (Å²) in [5.41, 5.74) is 5.60. The van der Waals surface area contributed by atoms with Gasteiger partial charge in [-0.2, -0.15) is 0 Å². The fraction of sp³-hybridized carbons (Fsp3) is 0.846. The predicted octanol–water partition coefficient (Wildman–Crippen LogP) is -0.900. The van der Waals surface area contributed by atoms with E-state index in [0.717, 1.165) is 39.0 Å². The quantitative estimate of drug-likeness (QED) is 0.720. The summed E-state index contributed by atoms with van der Waals surface area (Å²) >= 11 is 0. The van der Waals surface area contributed by atoms with E-state index in [9.17, 15) is 9.59 Å². The molecule has 2 amide bonds. The van der Waals surface area contributed by atoms with Crippen molar-refractivity contribution in [3.63, 3.8) is 0 Å². The molecule has 2 heterocycles. The number of carbonyl (C=O) groups excluding carboxylic acids is 2. The van der Waals surface area contributed by atoms with Crippen LogP contribution >= 0.6 is 0 Å². The Morgan fingerprint density at radius 1 is 1.00 bits per heavy atom. The molecule has 0 aliphatic carbocycles. The van der Waals surface area contributed by atoms with Crippen molar-refractivity contribution >= 4 is 11.8 Å². The largest absolute Gasteiger partial charge is 0.342 e. The topological polar surface area (TPSA) is 69.9 Å². The molecule has 2 saturated heterocycles. The van der Waals surface area contributed by atoms with Crippen LogP contribution in [-0.4, -0.2) is 78.4 Å². The molecule has 0 aromatic carbocycles. The summed E-state index contributed by atoms with van der Waals surface area (Å²) in [6, 6.07) is -0.433. The summed E-state index contributed by atoms with van der Waals surface area (Å²) in [7, 11) is 0. The Balaban J connectivity index is 1.74. The first-order chi connectivity index (χ1) is 9.08. The van der Waals surface area contributed by atoms with Gasteiger partial charge in [-0.25, -0.2) is 0 Å². The van der Waals surface area contributed by atoms with Crippen LogP contribution in [0.1, 0.15) is 19.8 Å². The van der Waals surface area contributed by atoms with Gasteiger partial charge in [-0.05, 0) is 19.8 Å². The first kappa shape index (κ1) is 14.3. The molecule has 0 radical (unpaired) electrons. The molecule has 2 rings (SSSR count). The molecule has 0 bridgehead atoms. The second-order valence-electron chi connectivity index (χ2n) is 5.48. The lowest BCUT2D eigenvalue weighted by atomic mass is 10.2. The van der Waals surface area contributed by atoms with Gasteiger partial charge >= 0.3 is 0 Å². The van der Waals surface area contributed by atoms with Gasteiger partial charge in [0.25, 0.3) is 0 Å². The number of amides is 2. The third-order valence-corrected chi connectivity index (χ3v) is 3.89. The fourth-order valence-electron chi connectivity index (χ4n) is 2.67. The van der Waals surface area contributed by atoms with E-state index in [1.54, 1.807) is 11.8 Å². The Morgan fingerprint density at radius 2 is 1.58 bits per heavy atom. The van der Waals surface area contributed by atoms with Gasteiger partial charge in [-0.1, -0.05) is 0 Å². The molecule has 2 aliphatic heterocycles. The van der Waals surface area contributed by atoms with Crippen LogP contribution < -0.4 is 5.73 Å². The van der Waals surface area contributed by atoms with Crippen LogP contribution in [0.3, 0.4) is 0 Å². The van der Waals surface area contributed by atoms with E-state index in [2.05, 4.69) is 4.90 Å². The fourth-order valence-corrected chi connectivity index (χ4v) is 2.67. The van der Waals surface area contributed by atoms with Gasteiger partial charge in [-0.15, -0.1) is 0 Å².